The summed E-state index contributed by atoms with van der Waals surface area (Å²) in [5, 5.41) is 0. The lowest BCUT2D eigenvalue weighted by atomic mass is 10.3. The summed E-state index contributed by atoms with van der Waals surface area (Å²) in [6, 6.07) is 0. The van der Waals surface area contributed by atoms with E-state index in [2.05, 4.69) is 6.92 Å². The monoisotopic (exact) mass is 196 g/mol. The zero-order valence-corrected chi connectivity index (χ0v) is 9.28. The molecule has 0 unspecified atom stereocenters. The molecule has 0 N–H and O–H groups in total. The summed E-state index contributed by atoms with van der Waals surface area (Å²) in [5.41, 5.74) is 0. The fraction of sp³-hybridized carbons (Fsp3) is 1.00. The van der Waals surface area contributed by atoms with E-state index in [1.807, 2.05) is 0 Å². The maximum atomic E-state index is 5.22. The predicted octanol–water partition coefficient (Wildman–Crippen LogP) is 2.67. The van der Waals surface area contributed by atoms with Crippen LogP contribution in [0.2, 0.25) is 0 Å². The van der Waals surface area contributed by atoms with Gasteiger partial charge in [0.15, 0.2) is 0 Å². The highest BCUT2D eigenvalue weighted by Crippen LogP contribution is 2.49. The molecular formula is C8H20O3S. The number of hydrogen-bond donors (Lipinski definition) is 0. The predicted molar refractivity (Wildman–Crippen MR) is 53.0 cm³/mol. The van der Waals surface area contributed by atoms with Gasteiger partial charge in [-0.25, -0.2) is 0 Å². The molecule has 76 valence electrons. The molecule has 0 amide bonds. The highest BCUT2D eigenvalue weighted by atomic mass is 32.3. The van der Waals surface area contributed by atoms with Gasteiger partial charge in [0.05, 0.1) is 32.2 Å². The third kappa shape index (κ3) is 3.76. The van der Waals surface area contributed by atoms with Gasteiger partial charge in [-0.3, -0.25) is 12.5 Å². The van der Waals surface area contributed by atoms with Crippen molar-refractivity contribution < 1.29 is 12.5 Å². The van der Waals surface area contributed by atoms with Gasteiger partial charge in [0, 0.05) is 5.75 Å². The third-order valence-corrected chi connectivity index (χ3v) is 4.07. The molecule has 0 aromatic heterocycles. The van der Waals surface area contributed by atoms with E-state index in [0.717, 1.165) is 12.2 Å². The molecule has 0 heterocycles. The van der Waals surface area contributed by atoms with Crippen LogP contribution in [0.4, 0.5) is 0 Å². The Morgan fingerprint density at radius 3 is 1.75 bits per heavy atom. The van der Waals surface area contributed by atoms with Crippen LogP contribution in [0.3, 0.4) is 0 Å². The molecule has 0 aromatic rings. The molecule has 4 heteroatoms. The zero-order valence-electron chi connectivity index (χ0n) is 8.46. The second-order valence-corrected chi connectivity index (χ2v) is 4.99. The van der Waals surface area contributed by atoms with Crippen molar-refractivity contribution in [2.75, 3.05) is 27.1 Å². The van der Waals surface area contributed by atoms with Crippen LogP contribution in [0.5, 0.6) is 0 Å². The van der Waals surface area contributed by atoms with E-state index >= 15 is 0 Å². The summed E-state index contributed by atoms with van der Waals surface area (Å²) < 4.78 is 15.7. The zero-order chi connectivity index (χ0) is 9.45. The Balaban J connectivity index is 3.76. The lowest BCUT2D eigenvalue weighted by molar-refractivity contribution is 0.247. The molecule has 0 radical (unpaired) electrons. The van der Waals surface area contributed by atoms with Crippen LogP contribution in [-0.4, -0.2) is 27.1 Å². The average Bonchev–Trinajstić information content (AvgIpc) is 2.14. The number of hydrogen-bond acceptors (Lipinski definition) is 3. The molecule has 12 heavy (non-hydrogen) atoms. The molecule has 0 aliphatic heterocycles. The summed E-state index contributed by atoms with van der Waals surface area (Å²) in [6.45, 7) is 2.17. The van der Waals surface area contributed by atoms with E-state index in [-0.39, 0.29) is 0 Å². The quantitative estimate of drug-likeness (QED) is 0.586. The first-order valence-electron chi connectivity index (χ1n) is 4.22. The third-order valence-electron chi connectivity index (χ3n) is 1.76. The Bertz CT molecular complexity index is 96.2. The van der Waals surface area contributed by atoms with Crippen molar-refractivity contribution in [3.8, 4) is 0 Å². The van der Waals surface area contributed by atoms with E-state index in [1.54, 1.807) is 21.3 Å². The molecule has 0 atom stereocenters. The Hall–Kier alpha value is 0.230. The van der Waals surface area contributed by atoms with Crippen LogP contribution in [-0.2, 0) is 12.5 Å². The maximum Gasteiger partial charge on any atom is 0.0879 e. The summed E-state index contributed by atoms with van der Waals surface area (Å²) in [5.74, 6) is 0.865. The van der Waals surface area contributed by atoms with Gasteiger partial charge in [-0.1, -0.05) is 19.8 Å². The average molecular weight is 196 g/mol. The number of unbranched alkanes of at least 4 members (excludes halogenated alkanes) is 2. The normalized spacial score (nSPS) is 13.3. The molecule has 0 bridgehead atoms. The molecule has 0 fully saturated rings. The molecule has 0 aliphatic rings. The Morgan fingerprint density at radius 2 is 1.42 bits per heavy atom. The van der Waals surface area contributed by atoms with Crippen LogP contribution >= 0.6 is 10.9 Å². The van der Waals surface area contributed by atoms with Gasteiger partial charge in [0.25, 0.3) is 0 Å². The minimum atomic E-state index is -1.68. The van der Waals surface area contributed by atoms with Gasteiger partial charge in [-0.05, 0) is 6.42 Å². The minimum absolute atomic E-state index is 0.865. The Morgan fingerprint density at radius 1 is 0.917 bits per heavy atom. The summed E-state index contributed by atoms with van der Waals surface area (Å²) in [6.07, 6.45) is 3.50. The van der Waals surface area contributed by atoms with Crippen molar-refractivity contribution in [1.29, 1.82) is 0 Å². The number of rotatable bonds is 7. The molecular weight excluding hydrogens is 176 g/mol. The molecule has 0 saturated heterocycles. The van der Waals surface area contributed by atoms with Gasteiger partial charge < -0.3 is 0 Å². The van der Waals surface area contributed by atoms with Crippen LogP contribution in [0.15, 0.2) is 0 Å². The fourth-order valence-corrected chi connectivity index (χ4v) is 2.45. The Labute approximate surface area is 77.3 Å². The molecule has 0 spiro atoms. The summed E-state index contributed by atoms with van der Waals surface area (Å²) in [4.78, 5) is 0. The largest absolute Gasteiger partial charge is 0.296 e. The minimum Gasteiger partial charge on any atom is -0.296 e. The molecule has 0 aromatic carbocycles. The fourth-order valence-electron chi connectivity index (χ4n) is 0.983. The first kappa shape index (κ1) is 12.2. The van der Waals surface area contributed by atoms with Crippen LogP contribution in [0.25, 0.3) is 0 Å². The lowest BCUT2D eigenvalue weighted by Crippen LogP contribution is -2.10. The van der Waals surface area contributed by atoms with E-state index in [1.165, 1.54) is 12.8 Å². The Kier molecular flexibility index (Phi) is 6.84. The first-order valence-corrected chi connectivity index (χ1v) is 5.80. The first-order chi connectivity index (χ1) is 5.74. The van der Waals surface area contributed by atoms with E-state index < -0.39 is 10.9 Å². The molecule has 0 rings (SSSR count). The van der Waals surface area contributed by atoms with Crippen molar-refractivity contribution in [2.45, 2.75) is 26.2 Å². The molecule has 3 nitrogen and oxygen atoms in total. The standard InChI is InChI=1S/C8H20O3S/c1-5-6-7-8-12(9-2,10-3)11-4/h5-8H2,1-4H3. The molecule has 0 aliphatic carbocycles. The van der Waals surface area contributed by atoms with Gasteiger partial charge in [-0.15, -0.1) is 0 Å². The van der Waals surface area contributed by atoms with Crippen molar-refractivity contribution in [1.82, 2.24) is 0 Å². The van der Waals surface area contributed by atoms with Gasteiger partial charge >= 0.3 is 0 Å². The lowest BCUT2D eigenvalue weighted by Gasteiger charge is -2.33. The highest BCUT2D eigenvalue weighted by molar-refractivity contribution is 8.21. The van der Waals surface area contributed by atoms with Crippen LogP contribution in [0, 0.1) is 0 Å². The van der Waals surface area contributed by atoms with E-state index in [4.69, 9.17) is 12.5 Å². The van der Waals surface area contributed by atoms with Gasteiger partial charge in [0.1, 0.15) is 0 Å². The second-order valence-electron chi connectivity index (χ2n) is 2.47. The SMILES string of the molecule is CCCCCS(OC)(OC)OC. The van der Waals surface area contributed by atoms with E-state index in [0.29, 0.717) is 0 Å². The summed E-state index contributed by atoms with van der Waals surface area (Å²) >= 11 is 0. The molecule has 0 saturated carbocycles. The van der Waals surface area contributed by atoms with Crippen molar-refractivity contribution in [3.05, 3.63) is 0 Å². The topological polar surface area (TPSA) is 27.7 Å². The van der Waals surface area contributed by atoms with Gasteiger partial charge in [0.2, 0.25) is 0 Å². The van der Waals surface area contributed by atoms with Crippen molar-refractivity contribution in [2.24, 2.45) is 0 Å². The van der Waals surface area contributed by atoms with E-state index in [9.17, 15) is 0 Å². The smallest absolute Gasteiger partial charge is 0.0879 e. The van der Waals surface area contributed by atoms with Gasteiger partial charge in [-0.2, -0.15) is 0 Å². The highest BCUT2D eigenvalue weighted by Gasteiger charge is 2.21. The van der Waals surface area contributed by atoms with Crippen LogP contribution in [0.1, 0.15) is 26.2 Å². The van der Waals surface area contributed by atoms with Crippen molar-refractivity contribution in [3.63, 3.8) is 0 Å². The van der Waals surface area contributed by atoms with Crippen LogP contribution < -0.4 is 0 Å². The second kappa shape index (κ2) is 6.71. The summed E-state index contributed by atoms with van der Waals surface area (Å²) in [7, 11) is 3.22. The van der Waals surface area contributed by atoms with Crippen molar-refractivity contribution >= 4 is 10.9 Å². The maximum absolute atomic E-state index is 5.22.